The molecule has 0 aliphatic carbocycles. The highest BCUT2D eigenvalue weighted by Gasteiger charge is 2.11. The molecule has 0 aliphatic heterocycles. The fourth-order valence-corrected chi connectivity index (χ4v) is 2.44. The van der Waals surface area contributed by atoms with E-state index in [1.54, 1.807) is 38.3 Å². The number of aromatic amines is 1. The van der Waals surface area contributed by atoms with Gasteiger partial charge in [-0.25, -0.2) is 9.36 Å². The van der Waals surface area contributed by atoms with E-state index in [4.69, 9.17) is 9.47 Å². The lowest BCUT2D eigenvalue weighted by Crippen LogP contribution is -2.14. The molecule has 6 nitrogen and oxygen atoms in total. The number of nitrogens with zero attached hydrogens (tertiary/aromatic N) is 1. The first-order valence-corrected chi connectivity index (χ1v) is 7.43. The van der Waals surface area contributed by atoms with Crippen LogP contribution in [-0.4, -0.2) is 21.8 Å². The highest BCUT2D eigenvalue weighted by molar-refractivity contribution is 5.44. The van der Waals surface area contributed by atoms with Crippen LogP contribution in [0, 0.1) is 13.8 Å². The van der Waals surface area contributed by atoms with Gasteiger partial charge in [-0.1, -0.05) is 6.07 Å². The number of hydrogen-bond acceptors (Lipinski definition) is 4. The second-order valence-electron chi connectivity index (χ2n) is 5.44. The lowest BCUT2D eigenvalue weighted by molar-refractivity contribution is 0.406. The van der Waals surface area contributed by atoms with Crippen molar-refractivity contribution < 1.29 is 14.6 Å². The second kappa shape index (κ2) is 6.16. The third kappa shape index (κ3) is 2.86. The van der Waals surface area contributed by atoms with E-state index in [2.05, 4.69) is 4.98 Å². The average molecular weight is 326 g/mol. The number of aromatic hydroxyl groups is 1. The standard InChI is InChI=1S/C18H18N2O4/c1-11-4-7-15(10-16(11)23-3)24-14-8-5-13(6-9-14)20-17(21)12(2)19-18(20)22/h4-10,21H,1-3H3,(H,19,22). The van der Waals surface area contributed by atoms with Crippen molar-refractivity contribution in [2.24, 2.45) is 0 Å². The summed E-state index contributed by atoms with van der Waals surface area (Å²) in [6.07, 6.45) is 0. The van der Waals surface area contributed by atoms with Gasteiger partial charge in [0, 0.05) is 6.07 Å². The first-order valence-electron chi connectivity index (χ1n) is 7.43. The van der Waals surface area contributed by atoms with E-state index in [0.717, 1.165) is 11.3 Å². The smallest absolute Gasteiger partial charge is 0.333 e. The summed E-state index contributed by atoms with van der Waals surface area (Å²) in [5, 5.41) is 9.95. The van der Waals surface area contributed by atoms with E-state index in [-0.39, 0.29) is 11.6 Å². The zero-order valence-electron chi connectivity index (χ0n) is 13.7. The fourth-order valence-electron chi connectivity index (χ4n) is 2.44. The third-order valence-corrected chi connectivity index (χ3v) is 3.75. The normalized spacial score (nSPS) is 10.6. The lowest BCUT2D eigenvalue weighted by atomic mass is 10.2. The van der Waals surface area contributed by atoms with E-state index in [9.17, 15) is 9.90 Å². The Balaban J connectivity index is 1.86. The molecular formula is C18H18N2O4. The number of ether oxygens (including phenoxy) is 2. The average Bonchev–Trinajstić information content (AvgIpc) is 2.83. The van der Waals surface area contributed by atoms with Gasteiger partial charge in [0.2, 0.25) is 5.88 Å². The van der Waals surface area contributed by atoms with Crippen LogP contribution >= 0.6 is 0 Å². The van der Waals surface area contributed by atoms with Crippen LogP contribution in [0.25, 0.3) is 5.69 Å². The number of rotatable bonds is 4. The van der Waals surface area contributed by atoms with Gasteiger partial charge in [-0.05, 0) is 49.7 Å². The molecule has 3 aromatic rings. The van der Waals surface area contributed by atoms with Crippen molar-refractivity contribution in [3.05, 3.63) is 64.2 Å². The minimum absolute atomic E-state index is 0.100. The summed E-state index contributed by atoms with van der Waals surface area (Å²) in [5.41, 5.74) is 1.61. The predicted molar refractivity (Wildman–Crippen MR) is 90.6 cm³/mol. The zero-order valence-corrected chi connectivity index (χ0v) is 13.7. The van der Waals surface area contributed by atoms with E-state index in [1.165, 1.54) is 4.57 Å². The molecule has 0 aliphatic rings. The quantitative estimate of drug-likeness (QED) is 0.771. The third-order valence-electron chi connectivity index (χ3n) is 3.75. The monoisotopic (exact) mass is 326 g/mol. The summed E-state index contributed by atoms with van der Waals surface area (Å²) in [4.78, 5) is 14.4. The summed E-state index contributed by atoms with van der Waals surface area (Å²) in [6.45, 7) is 3.59. The van der Waals surface area contributed by atoms with E-state index >= 15 is 0 Å². The Morgan fingerprint density at radius 1 is 1.04 bits per heavy atom. The van der Waals surface area contributed by atoms with E-state index in [1.807, 2.05) is 25.1 Å². The number of hydrogen-bond donors (Lipinski definition) is 2. The van der Waals surface area contributed by atoms with Crippen molar-refractivity contribution in [3.63, 3.8) is 0 Å². The molecule has 0 bridgehead atoms. The minimum Gasteiger partial charge on any atom is -0.496 e. The van der Waals surface area contributed by atoms with E-state index in [0.29, 0.717) is 22.9 Å². The van der Waals surface area contributed by atoms with Crippen LogP contribution in [0.2, 0.25) is 0 Å². The number of benzene rings is 2. The van der Waals surface area contributed by atoms with Crippen LogP contribution in [0.3, 0.4) is 0 Å². The Labute approximate surface area is 138 Å². The number of imidazole rings is 1. The number of aromatic nitrogens is 2. The maximum absolute atomic E-state index is 11.8. The summed E-state index contributed by atoms with van der Waals surface area (Å²) in [5.74, 6) is 1.92. The molecule has 0 unspecified atom stereocenters. The first kappa shape index (κ1) is 15.7. The van der Waals surface area contributed by atoms with Gasteiger partial charge in [0.15, 0.2) is 0 Å². The molecule has 2 N–H and O–H groups in total. The van der Waals surface area contributed by atoms with Crippen LogP contribution in [0.15, 0.2) is 47.3 Å². The maximum Gasteiger partial charge on any atom is 0.333 e. The van der Waals surface area contributed by atoms with Crippen LogP contribution in [0.4, 0.5) is 0 Å². The molecule has 1 aromatic heterocycles. The summed E-state index contributed by atoms with van der Waals surface area (Å²) < 4.78 is 12.3. The topological polar surface area (TPSA) is 76.5 Å². The van der Waals surface area contributed by atoms with Crippen molar-refractivity contribution in [1.82, 2.24) is 9.55 Å². The maximum atomic E-state index is 11.8. The van der Waals surface area contributed by atoms with Gasteiger partial charge in [-0.3, -0.25) is 0 Å². The van der Waals surface area contributed by atoms with Crippen LogP contribution < -0.4 is 15.2 Å². The lowest BCUT2D eigenvalue weighted by Gasteiger charge is -2.10. The molecule has 0 amide bonds. The molecule has 0 fully saturated rings. The Morgan fingerprint density at radius 2 is 1.71 bits per heavy atom. The van der Waals surface area contributed by atoms with Crippen LogP contribution in [-0.2, 0) is 0 Å². The van der Waals surface area contributed by atoms with Crippen molar-refractivity contribution in [1.29, 1.82) is 0 Å². The number of aryl methyl sites for hydroxylation is 2. The van der Waals surface area contributed by atoms with Crippen LogP contribution in [0.1, 0.15) is 11.3 Å². The van der Waals surface area contributed by atoms with E-state index < -0.39 is 0 Å². The highest BCUT2D eigenvalue weighted by atomic mass is 16.5. The number of nitrogens with one attached hydrogen (secondary N) is 1. The SMILES string of the molecule is COc1cc(Oc2ccc(-n3c(O)c(C)[nH]c3=O)cc2)ccc1C. The highest BCUT2D eigenvalue weighted by Crippen LogP contribution is 2.28. The minimum atomic E-state index is -0.387. The molecule has 124 valence electrons. The summed E-state index contributed by atoms with van der Waals surface area (Å²) in [7, 11) is 1.62. The van der Waals surface area contributed by atoms with Gasteiger partial charge in [-0.15, -0.1) is 0 Å². The molecule has 0 atom stereocenters. The zero-order chi connectivity index (χ0) is 17.3. The Bertz CT molecular complexity index is 923. The second-order valence-corrected chi connectivity index (χ2v) is 5.44. The molecule has 0 spiro atoms. The molecule has 1 heterocycles. The van der Waals surface area contributed by atoms with Gasteiger partial charge < -0.3 is 19.6 Å². The van der Waals surface area contributed by atoms with Gasteiger partial charge in [-0.2, -0.15) is 0 Å². The van der Waals surface area contributed by atoms with Crippen molar-refractivity contribution >= 4 is 0 Å². The molecule has 0 radical (unpaired) electrons. The largest absolute Gasteiger partial charge is 0.496 e. The molecule has 0 saturated heterocycles. The van der Waals surface area contributed by atoms with Gasteiger partial charge in [0.1, 0.15) is 17.2 Å². The Morgan fingerprint density at radius 3 is 2.29 bits per heavy atom. The van der Waals surface area contributed by atoms with Gasteiger partial charge in [0.05, 0.1) is 18.5 Å². The number of H-pyrrole nitrogens is 1. The summed E-state index contributed by atoms with van der Waals surface area (Å²) in [6, 6.07) is 12.5. The molecular weight excluding hydrogens is 308 g/mol. The van der Waals surface area contributed by atoms with Crippen molar-refractivity contribution in [2.75, 3.05) is 7.11 Å². The van der Waals surface area contributed by atoms with Crippen molar-refractivity contribution in [3.8, 4) is 28.8 Å². The molecule has 24 heavy (non-hydrogen) atoms. The fraction of sp³-hybridized carbons (Fsp3) is 0.167. The Hall–Kier alpha value is -3.15. The number of methoxy groups -OCH3 is 1. The molecule has 3 rings (SSSR count). The Kier molecular flexibility index (Phi) is 4.04. The predicted octanol–water partition coefficient (Wildman–Crippen LogP) is 3.29. The molecule has 0 saturated carbocycles. The first-order chi connectivity index (χ1) is 11.5. The molecule has 6 heteroatoms. The van der Waals surface area contributed by atoms with Crippen LogP contribution in [0.5, 0.6) is 23.1 Å². The van der Waals surface area contributed by atoms with Crippen molar-refractivity contribution in [2.45, 2.75) is 13.8 Å². The van der Waals surface area contributed by atoms with Gasteiger partial charge >= 0.3 is 5.69 Å². The van der Waals surface area contributed by atoms with Gasteiger partial charge in [0.25, 0.3) is 0 Å². The molecule has 2 aromatic carbocycles. The summed E-state index contributed by atoms with van der Waals surface area (Å²) >= 11 is 0.